The lowest BCUT2D eigenvalue weighted by Crippen LogP contribution is -2.03. The van der Waals surface area contributed by atoms with Crippen LogP contribution in [0, 0.1) is 10.1 Å². The van der Waals surface area contributed by atoms with E-state index in [-0.39, 0.29) is 23.0 Å². The number of hydrogen-bond donors (Lipinski definition) is 0. The van der Waals surface area contributed by atoms with Gasteiger partial charge in [0.05, 0.1) is 16.4 Å². The summed E-state index contributed by atoms with van der Waals surface area (Å²) in [7, 11) is 0. The predicted octanol–water partition coefficient (Wildman–Crippen LogP) is 5.44. The van der Waals surface area contributed by atoms with Crippen molar-refractivity contribution in [1.29, 1.82) is 0 Å². The second-order valence-electron chi connectivity index (χ2n) is 6.61. The first kappa shape index (κ1) is 21.4. The number of nitrogens with zero attached hydrogens (tertiary/aromatic N) is 1. The van der Waals surface area contributed by atoms with Crippen molar-refractivity contribution in [2.45, 2.75) is 26.2 Å². The fourth-order valence-corrected chi connectivity index (χ4v) is 4.30. The third-order valence-electron chi connectivity index (χ3n) is 4.53. The highest BCUT2D eigenvalue weighted by molar-refractivity contribution is 7.14. The Labute approximate surface area is 178 Å². The smallest absolute Gasteiger partial charge is 0.305 e. The van der Waals surface area contributed by atoms with E-state index < -0.39 is 4.92 Å². The Morgan fingerprint density at radius 1 is 1.07 bits per heavy atom. The molecule has 0 unspecified atom stereocenters. The summed E-state index contributed by atoms with van der Waals surface area (Å²) >= 11 is 1.37. The van der Waals surface area contributed by atoms with Gasteiger partial charge in [-0.15, -0.1) is 11.3 Å². The van der Waals surface area contributed by atoms with E-state index in [1.165, 1.54) is 29.5 Å². The molecule has 154 valence electrons. The van der Waals surface area contributed by atoms with E-state index in [1.807, 2.05) is 36.4 Å². The summed E-state index contributed by atoms with van der Waals surface area (Å²) in [5, 5.41) is 11.0. The van der Waals surface area contributed by atoms with E-state index in [2.05, 4.69) is 0 Å². The number of esters is 1. The van der Waals surface area contributed by atoms with Gasteiger partial charge in [-0.2, -0.15) is 0 Å². The number of ether oxygens (including phenoxy) is 1. The predicted molar refractivity (Wildman–Crippen MR) is 116 cm³/mol. The Morgan fingerprint density at radius 2 is 1.83 bits per heavy atom. The van der Waals surface area contributed by atoms with Crippen LogP contribution in [-0.2, 0) is 16.0 Å². The number of non-ortho nitro benzene ring substituents is 1. The number of carbonyl (C=O) groups excluding carboxylic acids is 2. The van der Waals surface area contributed by atoms with Crippen LogP contribution in [0.5, 0.6) is 0 Å². The monoisotopic (exact) mass is 423 g/mol. The fraction of sp³-hybridized carbons (Fsp3) is 0.217. The summed E-state index contributed by atoms with van der Waals surface area (Å²) in [6, 6.07) is 17.3. The van der Waals surface area contributed by atoms with E-state index >= 15 is 0 Å². The van der Waals surface area contributed by atoms with Crippen molar-refractivity contribution >= 4 is 28.8 Å². The number of nitro groups is 1. The highest BCUT2D eigenvalue weighted by Gasteiger charge is 2.19. The third kappa shape index (κ3) is 5.18. The van der Waals surface area contributed by atoms with Crippen LogP contribution in [0.3, 0.4) is 0 Å². The van der Waals surface area contributed by atoms with Gasteiger partial charge in [0.15, 0.2) is 0 Å². The maximum atomic E-state index is 13.0. The highest BCUT2D eigenvalue weighted by Crippen LogP contribution is 2.34. The van der Waals surface area contributed by atoms with Crippen LogP contribution in [0.15, 0.2) is 60.7 Å². The van der Waals surface area contributed by atoms with Gasteiger partial charge in [0.1, 0.15) is 0 Å². The number of rotatable bonds is 9. The zero-order chi connectivity index (χ0) is 21.5. The molecule has 7 heteroatoms. The quantitative estimate of drug-likeness (QED) is 0.198. The Hall–Kier alpha value is -3.32. The van der Waals surface area contributed by atoms with E-state index in [9.17, 15) is 19.7 Å². The minimum atomic E-state index is -0.512. The van der Waals surface area contributed by atoms with Crippen LogP contribution in [0.1, 0.15) is 39.9 Å². The summed E-state index contributed by atoms with van der Waals surface area (Å²) < 4.78 is 4.98. The lowest BCUT2D eigenvalue weighted by Gasteiger charge is -2.04. The van der Waals surface area contributed by atoms with E-state index in [0.29, 0.717) is 30.7 Å². The second kappa shape index (κ2) is 9.93. The van der Waals surface area contributed by atoms with Crippen molar-refractivity contribution in [1.82, 2.24) is 0 Å². The molecular formula is C23H21NO5S. The number of carbonyl (C=O) groups is 2. The normalized spacial score (nSPS) is 10.6. The highest BCUT2D eigenvalue weighted by atomic mass is 32.1. The maximum absolute atomic E-state index is 13.0. The molecule has 0 saturated carbocycles. The Balaban J connectivity index is 1.89. The van der Waals surface area contributed by atoms with Crippen molar-refractivity contribution in [3.8, 4) is 11.1 Å². The Kier molecular flexibility index (Phi) is 7.08. The van der Waals surface area contributed by atoms with Crippen LogP contribution in [0.2, 0.25) is 0 Å². The SMILES string of the molecule is CCOC(=O)CCCc1sc(C(=O)c2cccc([N+](=O)[O-])c2)cc1-c1ccccc1. The molecule has 0 aliphatic rings. The molecule has 3 aromatic rings. The standard InChI is InChI=1S/C23H21NO5S/c1-2-29-22(25)13-7-12-20-19(16-8-4-3-5-9-16)15-21(30-20)23(26)17-10-6-11-18(14-17)24(27)28/h3-6,8-11,14-15H,2,7,12-13H2,1H3. The number of benzene rings is 2. The molecular weight excluding hydrogens is 402 g/mol. The van der Waals surface area contributed by atoms with Crippen molar-refractivity contribution in [2.75, 3.05) is 6.61 Å². The van der Waals surface area contributed by atoms with Gasteiger partial charge in [0.25, 0.3) is 5.69 Å². The van der Waals surface area contributed by atoms with Gasteiger partial charge >= 0.3 is 5.97 Å². The molecule has 0 bridgehead atoms. The van der Waals surface area contributed by atoms with Crippen LogP contribution < -0.4 is 0 Å². The number of aryl methyl sites for hydroxylation is 1. The molecule has 1 heterocycles. The van der Waals surface area contributed by atoms with Crippen LogP contribution in [0.4, 0.5) is 5.69 Å². The van der Waals surface area contributed by atoms with Crippen molar-refractivity contribution in [2.24, 2.45) is 0 Å². The zero-order valence-electron chi connectivity index (χ0n) is 16.5. The maximum Gasteiger partial charge on any atom is 0.305 e. The Bertz CT molecular complexity index is 1060. The first-order valence-electron chi connectivity index (χ1n) is 9.62. The molecule has 30 heavy (non-hydrogen) atoms. The summed E-state index contributed by atoms with van der Waals surface area (Å²) in [6.45, 7) is 2.13. The van der Waals surface area contributed by atoms with E-state index in [0.717, 1.165) is 16.0 Å². The summed E-state index contributed by atoms with van der Waals surface area (Å²) in [4.78, 5) is 36.7. The lowest BCUT2D eigenvalue weighted by atomic mass is 10.0. The van der Waals surface area contributed by atoms with Gasteiger partial charge in [-0.05, 0) is 37.0 Å². The van der Waals surface area contributed by atoms with Crippen molar-refractivity contribution in [3.63, 3.8) is 0 Å². The number of hydrogen-bond acceptors (Lipinski definition) is 6. The first-order chi connectivity index (χ1) is 14.5. The minimum Gasteiger partial charge on any atom is -0.466 e. The van der Waals surface area contributed by atoms with Gasteiger partial charge in [-0.1, -0.05) is 42.5 Å². The summed E-state index contributed by atoms with van der Waals surface area (Å²) in [6.07, 6.45) is 1.56. The number of nitro benzene ring substituents is 1. The molecule has 0 atom stereocenters. The molecule has 0 amide bonds. The molecule has 0 saturated heterocycles. The molecule has 0 aliphatic heterocycles. The number of thiophene rings is 1. The fourth-order valence-electron chi connectivity index (χ4n) is 3.12. The Morgan fingerprint density at radius 3 is 2.53 bits per heavy atom. The molecule has 6 nitrogen and oxygen atoms in total. The van der Waals surface area contributed by atoms with Crippen molar-refractivity contribution in [3.05, 3.63) is 86.1 Å². The third-order valence-corrected chi connectivity index (χ3v) is 5.72. The first-order valence-corrected chi connectivity index (χ1v) is 10.4. The minimum absolute atomic E-state index is 0.115. The average Bonchev–Trinajstić information content (AvgIpc) is 3.18. The van der Waals surface area contributed by atoms with Crippen molar-refractivity contribution < 1.29 is 19.2 Å². The van der Waals surface area contributed by atoms with Gasteiger partial charge < -0.3 is 4.74 Å². The lowest BCUT2D eigenvalue weighted by molar-refractivity contribution is -0.384. The topological polar surface area (TPSA) is 86.5 Å². The molecule has 3 rings (SSSR count). The van der Waals surface area contributed by atoms with Crippen LogP contribution >= 0.6 is 11.3 Å². The van der Waals surface area contributed by atoms with Gasteiger partial charge in [0, 0.05) is 29.0 Å². The molecule has 1 aromatic heterocycles. The number of ketones is 1. The summed E-state index contributed by atoms with van der Waals surface area (Å²) in [5.41, 5.74) is 2.09. The molecule has 0 N–H and O–H groups in total. The molecule has 0 radical (unpaired) electrons. The van der Waals surface area contributed by atoms with Gasteiger partial charge in [-0.25, -0.2) is 0 Å². The van der Waals surface area contributed by atoms with Gasteiger partial charge in [-0.3, -0.25) is 19.7 Å². The van der Waals surface area contributed by atoms with E-state index in [4.69, 9.17) is 4.74 Å². The molecule has 0 fully saturated rings. The van der Waals surface area contributed by atoms with Crippen LogP contribution in [-0.4, -0.2) is 23.3 Å². The van der Waals surface area contributed by atoms with Crippen LogP contribution in [0.25, 0.3) is 11.1 Å². The molecule has 0 spiro atoms. The zero-order valence-corrected chi connectivity index (χ0v) is 17.3. The summed E-state index contributed by atoms with van der Waals surface area (Å²) in [5.74, 6) is -0.485. The average molecular weight is 423 g/mol. The van der Waals surface area contributed by atoms with E-state index in [1.54, 1.807) is 13.0 Å². The molecule has 2 aromatic carbocycles. The van der Waals surface area contributed by atoms with Gasteiger partial charge in [0.2, 0.25) is 5.78 Å². The second-order valence-corrected chi connectivity index (χ2v) is 7.75. The molecule has 0 aliphatic carbocycles. The largest absolute Gasteiger partial charge is 0.466 e.